The van der Waals surface area contributed by atoms with Crippen molar-refractivity contribution in [2.24, 2.45) is 4.99 Å². The first-order chi connectivity index (χ1) is 16.1. The number of aromatic nitrogens is 2. The van der Waals surface area contributed by atoms with E-state index in [1.165, 1.54) is 58.0 Å². The van der Waals surface area contributed by atoms with E-state index in [-0.39, 0.29) is 28.7 Å². The van der Waals surface area contributed by atoms with Crippen LogP contribution in [0, 0.1) is 12.3 Å². The minimum Gasteiger partial charge on any atom is -0.399 e. The molecule has 0 saturated heterocycles. The third kappa shape index (κ3) is 4.20. The van der Waals surface area contributed by atoms with Crippen molar-refractivity contribution < 1.29 is 22.6 Å². The number of anilines is 3. The lowest BCUT2D eigenvalue weighted by Crippen LogP contribution is -2.68. The van der Waals surface area contributed by atoms with Gasteiger partial charge in [-0.1, -0.05) is 5.92 Å². The van der Waals surface area contributed by atoms with E-state index in [9.17, 15) is 8.42 Å². The normalized spacial score (nSPS) is 19.7. The summed E-state index contributed by atoms with van der Waals surface area (Å²) in [6.07, 6.45) is 8.80. The highest BCUT2D eigenvalue weighted by molar-refractivity contribution is 7.89. The van der Waals surface area contributed by atoms with Gasteiger partial charge in [0.15, 0.2) is 0 Å². The van der Waals surface area contributed by atoms with Gasteiger partial charge in [0.1, 0.15) is 5.82 Å². The van der Waals surface area contributed by atoms with E-state index in [2.05, 4.69) is 25.6 Å². The highest BCUT2D eigenvalue weighted by Crippen LogP contribution is 2.41. The van der Waals surface area contributed by atoms with Gasteiger partial charge in [0.25, 0.3) is 0 Å². The van der Waals surface area contributed by atoms with Crippen molar-refractivity contribution in [2.45, 2.75) is 23.0 Å². The Morgan fingerprint density at radius 2 is 1.74 bits per heavy atom. The Labute approximate surface area is 197 Å². The summed E-state index contributed by atoms with van der Waals surface area (Å²) in [5.74, 6) is 0.635. The van der Waals surface area contributed by atoms with Crippen LogP contribution < -0.4 is 21.9 Å². The molecule has 0 amide bonds. The number of nitrogen functional groups attached to an aromatic ring is 3. The maximum Gasteiger partial charge on any atom is 0.320 e. The molecule has 1 aliphatic heterocycles. The number of hydrogen-bond acceptors (Lipinski definition) is 11. The van der Waals surface area contributed by atoms with Crippen LogP contribution in [-0.2, 0) is 30.7 Å². The lowest BCUT2D eigenvalue weighted by atomic mass is 9.89. The number of nitrogens with zero attached hydrogens (tertiary/aromatic N) is 3. The van der Waals surface area contributed by atoms with Crippen LogP contribution in [0.3, 0.4) is 0 Å². The summed E-state index contributed by atoms with van der Waals surface area (Å²) in [4.78, 5) is 12.1. The highest BCUT2D eigenvalue weighted by Gasteiger charge is 2.61. The van der Waals surface area contributed by atoms with Gasteiger partial charge in [-0.05, 0) is 29.8 Å². The van der Waals surface area contributed by atoms with Gasteiger partial charge in [-0.2, -0.15) is 9.71 Å². The predicted molar refractivity (Wildman–Crippen MR) is 127 cm³/mol. The Morgan fingerprint density at radius 3 is 2.26 bits per heavy atom. The lowest BCUT2D eigenvalue weighted by Gasteiger charge is -2.46. The Bertz CT molecular complexity index is 1280. The molecule has 7 N–H and O–H groups in total. The van der Waals surface area contributed by atoms with Crippen LogP contribution in [0.2, 0.25) is 0 Å². The van der Waals surface area contributed by atoms with Crippen LogP contribution >= 0.6 is 0 Å². The number of nitrogens with two attached hydrogens (primary N) is 3. The molecule has 34 heavy (non-hydrogen) atoms. The standard InChI is InChI=1S/C21H25N7O5S/c1-5-17-13(10-14-11-25-19(24)27-18(14)23)12-26-21(32-3,33-4)20(17,31-2)28-34(29,30)16-8-6-15(22)7-9-16/h1,6-9,11-12,28H,10,22H2,2-4H3,(H4,23,24,25,27). The first-order valence-corrected chi connectivity index (χ1v) is 11.2. The zero-order valence-electron chi connectivity index (χ0n) is 18.8. The average molecular weight is 488 g/mol. The van der Waals surface area contributed by atoms with Crippen LogP contribution in [0.25, 0.3) is 0 Å². The van der Waals surface area contributed by atoms with Crippen molar-refractivity contribution in [1.29, 1.82) is 0 Å². The van der Waals surface area contributed by atoms with Gasteiger partial charge < -0.3 is 31.4 Å². The highest BCUT2D eigenvalue weighted by atomic mass is 32.2. The number of sulfonamides is 1. The molecule has 2 aromatic rings. The summed E-state index contributed by atoms with van der Waals surface area (Å²) in [6.45, 7) is 0. The molecule has 1 unspecified atom stereocenters. The zero-order valence-corrected chi connectivity index (χ0v) is 19.6. The molecule has 3 rings (SSSR count). The number of ether oxygens (including phenoxy) is 3. The molecular formula is C21H25N7O5S. The van der Waals surface area contributed by atoms with Gasteiger partial charge in [-0.15, -0.1) is 6.42 Å². The number of hydrogen-bond donors (Lipinski definition) is 4. The zero-order chi connectivity index (χ0) is 25.1. The predicted octanol–water partition coefficient (Wildman–Crippen LogP) is 0.0477. The maximum atomic E-state index is 13.4. The lowest BCUT2D eigenvalue weighted by molar-refractivity contribution is -0.294. The molecule has 0 saturated carbocycles. The first kappa shape index (κ1) is 25.1. The van der Waals surface area contributed by atoms with E-state index in [0.717, 1.165) is 0 Å². The van der Waals surface area contributed by atoms with E-state index >= 15 is 0 Å². The second kappa shape index (κ2) is 9.37. The minimum absolute atomic E-state index is 0.00462. The summed E-state index contributed by atoms with van der Waals surface area (Å²) in [5.41, 5.74) is 16.4. The van der Waals surface area contributed by atoms with Crippen molar-refractivity contribution in [3.8, 4) is 12.3 Å². The molecule has 1 atom stereocenters. The number of methoxy groups -OCH3 is 3. The van der Waals surface area contributed by atoms with Crippen molar-refractivity contribution in [2.75, 3.05) is 38.5 Å². The van der Waals surface area contributed by atoms with Crippen LogP contribution in [0.1, 0.15) is 5.56 Å². The Hall–Kier alpha value is -3.54. The SMILES string of the molecule is C#CC1=C(Cc2cnc(N)nc2N)C=NC(OC)(OC)C1(NS(=O)(=O)c1ccc(N)cc1)OC. The van der Waals surface area contributed by atoms with Gasteiger partial charge >= 0.3 is 5.91 Å². The molecule has 0 radical (unpaired) electrons. The molecule has 1 aliphatic rings. The Kier molecular flexibility index (Phi) is 6.92. The largest absolute Gasteiger partial charge is 0.399 e. The minimum atomic E-state index is -4.25. The van der Waals surface area contributed by atoms with Crippen molar-refractivity contribution in [3.05, 3.63) is 47.2 Å². The second-order valence-corrected chi connectivity index (χ2v) is 8.85. The fourth-order valence-corrected chi connectivity index (χ4v) is 4.87. The molecule has 0 fully saturated rings. The van der Waals surface area contributed by atoms with Gasteiger partial charge in [-0.3, -0.25) is 0 Å². The van der Waals surface area contributed by atoms with E-state index in [1.54, 1.807) is 0 Å². The molecule has 0 bridgehead atoms. The quantitative estimate of drug-likeness (QED) is 0.225. The molecule has 180 valence electrons. The van der Waals surface area contributed by atoms with E-state index in [0.29, 0.717) is 16.8 Å². The van der Waals surface area contributed by atoms with Gasteiger partial charge in [-0.25, -0.2) is 18.4 Å². The van der Waals surface area contributed by atoms with Crippen LogP contribution in [-0.4, -0.2) is 57.6 Å². The fraction of sp³-hybridized carbons (Fsp3) is 0.286. The third-order valence-electron chi connectivity index (χ3n) is 5.28. The molecule has 13 heteroatoms. The molecule has 2 heterocycles. The Morgan fingerprint density at radius 1 is 1.09 bits per heavy atom. The summed E-state index contributed by atoms with van der Waals surface area (Å²) in [6, 6.07) is 5.56. The number of benzene rings is 1. The number of dihydropyridines is 1. The molecule has 1 aromatic carbocycles. The summed E-state index contributed by atoms with van der Waals surface area (Å²) >= 11 is 0. The van der Waals surface area contributed by atoms with Crippen molar-refractivity contribution >= 4 is 33.7 Å². The number of allylic oxidation sites excluding steroid dienone is 1. The first-order valence-electron chi connectivity index (χ1n) is 9.75. The van der Waals surface area contributed by atoms with E-state index in [1.807, 2.05) is 0 Å². The summed E-state index contributed by atoms with van der Waals surface area (Å²) in [5, 5.41) is 0. The monoisotopic (exact) mass is 487 g/mol. The molecule has 0 spiro atoms. The smallest absolute Gasteiger partial charge is 0.320 e. The summed E-state index contributed by atoms with van der Waals surface area (Å²) in [7, 11) is -0.457. The molecule has 1 aromatic heterocycles. The van der Waals surface area contributed by atoms with E-state index < -0.39 is 21.7 Å². The van der Waals surface area contributed by atoms with Crippen LogP contribution in [0.15, 0.2) is 51.5 Å². The number of rotatable bonds is 8. The third-order valence-corrected chi connectivity index (χ3v) is 6.73. The van der Waals surface area contributed by atoms with Crippen LogP contribution in [0.4, 0.5) is 17.5 Å². The molecule has 12 nitrogen and oxygen atoms in total. The maximum absolute atomic E-state index is 13.4. The topological polar surface area (TPSA) is 190 Å². The van der Waals surface area contributed by atoms with E-state index in [4.69, 9.17) is 37.8 Å². The van der Waals surface area contributed by atoms with Crippen LogP contribution in [0.5, 0.6) is 0 Å². The second-order valence-electron chi connectivity index (χ2n) is 7.17. The number of nitrogens with one attached hydrogen (secondary N) is 1. The summed E-state index contributed by atoms with van der Waals surface area (Å²) < 4.78 is 46.0. The number of aliphatic imine (C=N–C) groups is 1. The average Bonchev–Trinajstić information content (AvgIpc) is 2.81. The van der Waals surface area contributed by atoms with Gasteiger partial charge in [0.05, 0.1) is 10.5 Å². The number of terminal acetylenes is 1. The Balaban J connectivity index is 2.20. The van der Waals surface area contributed by atoms with Crippen molar-refractivity contribution in [1.82, 2.24) is 14.7 Å². The molecular weight excluding hydrogens is 462 g/mol. The van der Waals surface area contributed by atoms with Gasteiger partial charge in [0, 0.05) is 51.4 Å². The fourth-order valence-electron chi connectivity index (χ4n) is 3.57. The van der Waals surface area contributed by atoms with Gasteiger partial charge in [0.2, 0.25) is 21.7 Å². The molecule has 0 aliphatic carbocycles. The van der Waals surface area contributed by atoms with Crippen molar-refractivity contribution in [3.63, 3.8) is 0 Å².